The highest BCUT2D eigenvalue weighted by molar-refractivity contribution is 7.14. The van der Waals surface area contributed by atoms with Crippen LogP contribution in [0.2, 0.25) is 0 Å². The van der Waals surface area contributed by atoms with Crippen LogP contribution in [0, 0.1) is 11.8 Å². The van der Waals surface area contributed by atoms with Gasteiger partial charge in [0.05, 0.1) is 12.0 Å². The van der Waals surface area contributed by atoms with Gasteiger partial charge in [0.25, 0.3) is 11.8 Å². The molecular weight excluding hydrogens is 412 g/mol. The summed E-state index contributed by atoms with van der Waals surface area (Å²) in [5.41, 5.74) is 2.06. The third-order valence-electron chi connectivity index (χ3n) is 5.25. The van der Waals surface area contributed by atoms with E-state index in [2.05, 4.69) is 34.4 Å². The molecule has 0 unspecified atom stereocenters. The van der Waals surface area contributed by atoms with Crippen LogP contribution in [0.15, 0.2) is 52.5 Å². The third-order valence-corrected chi connectivity index (χ3v) is 6.06. The maximum atomic E-state index is 12.6. The van der Waals surface area contributed by atoms with Crippen LogP contribution in [0.4, 0.5) is 10.8 Å². The minimum absolute atomic E-state index is 0.231. The molecule has 0 saturated carbocycles. The zero-order valence-corrected chi connectivity index (χ0v) is 18.4. The van der Waals surface area contributed by atoms with Gasteiger partial charge in [-0.1, -0.05) is 13.8 Å². The molecule has 1 saturated heterocycles. The average molecular weight is 439 g/mol. The Labute approximate surface area is 185 Å². The number of rotatable bonds is 6. The second-order valence-corrected chi connectivity index (χ2v) is 9.11. The summed E-state index contributed by atoms with van der Waals surface area (Å²) in [5, 5.41) is 8.19. The number of furan rings is 1. The number of aromatic nitrogens is 1. The van der Waals surface area contributed by atoms with E-state index in [4.69, 9.17) is 4.42 Å². The standard InChI is InChI=1S/C23H26N4O3S/c1-15-10-16(2)12-27(11-15)13-19-14-31-23(25-19)26-21(28)17-5-7-18(8-6-17)24-22(29)20-4-3-9-30-20/h3-9,14-16H,10-13H2,1-2H3,(H,24,29)(H,25,26,28)/t15-,16+. The molecule has 1 aliphatic rings. The maximum Gasteiger partial charge on any atom is 0.291 e. The summed E-state index contributed by atoms with van der Waals surface area (Å²) in [6.07, 6.45) is 2.72. The van der Waals surface area contributed by atoms with Crippen molar-refractivity contribution in [1.82, 2.24) is 9.88 Å². The van der Waals surface area contributed by atoms with Crippen molar-refractivity contribution in [3.63, 3.8) is 0 Å². The molecule has 1 fully saturated rings. The van der Waals surface area contributed by atoms with Gasteiger partial charge in [0.15, 0.2) is 10.9 Å². The van der Waals surface area contributed by atoms with E-state index < -0.39 is 0 Å². The smallest absolute Gasteiger partial charge is 0.291 e. The number of hydrogen-bond donors (Lipinski definition) is 2. The molecule has 1 aliphatic heterocycles. The molecule has 3 aromatic rings. The highest BCUT2D eigenvalue weighted by atomic mass is 32.1. The quantitative estimate of drug-likeness (QED) is 0.582. The lowest BCUT2D eigenvalue weighted by molar-refractivity contribution is 0.0995. The van der Waals surface area contributed by atoms with E-state index in [9.17, 15) is 9.59 Å². The second-order valence-electron chi connectivity index (χ2n) is 8.25. The van der Waals surface area contributed by atoms with E-state index in [1.807, 2.05) is 5.38 Å². The summed E-state index contributed by atoms with van der Waals surface area (Å²) >= 11 is 1.44. The van der Waals surface area contributed by atoms with Crippen LogP contribution >= 0.6 is 11.3 Å². The molecule has 162 valence electrons. The maximum absolute atomic E-state index is 12.6. The summed E-state index contributed by atoms with van der Waals surface area (Å²) in [4.78, 5) is 31.6. The third kappa shape index (κ3) is 5.59. The van der Waals surface area contributed by atoms with Gasteiger partial charge in [-0.25, -0.2) is 4.98 Å². The first-order valence-electron chi connectivity index (χ1n) is 10.4. The number of nitrogens with one attached hydrogen (secondary N) is 2. The Morgan fingerprint density at radius 3 is 2.52 bits per heavy atom. The van der Waals surface area contributed by atoms with Crippen LogP contribution in [0.3, 0.4) is 0 Å². The number of hydrogen-bond acceptors (Lipinski definition) is 6. The highest BCUT2D eigenvalue weighted by Gasteiger charge is 2.22. The number of carbonyl (C=O) groups is 2. The SMILES string of the molecule is C[C@@H]1C[C@H](C)CN(Cc2csc(NC(=O)c3ccc(NC(=O)c4ccco4)cc3)n2)C1. The molecule has 4 rings (SSSR count). The van der Waals surface area contributed by atoms with Crippen molar-refractivity contribution >= 4 is 34.0 Å². The summed E-state index contributed by atoms with van der Waals surface area (Å²) in [5.74, 6) is 1.07. The predicted molar refractivity (Wildman–Crippen MR) is 121 cm³/mol. The lowest BCUT2D eigenvalue weighted by atomic mass is 9.92. The van der Waals surface area contributed by atoms with Crippen molar-refractivity contribution in [3.05, 3.63) is 65.1 Å². The normalized spacial score (nSPS) is 19.2. The predicted octanol–water partition coefficient (Wildman–Crippen LogP) is 4.72. The Hall–Kier alpha value is -2.97. The summed E-state index contributed by atoms with van der Waals surface area (Å²) in [7, 11) is 0. The summed E-state index contributed by atoms with van der Waals surface area (Å²) < 4.78 is 5.07. The van der Waals surface area contributed by atoms with Gasteiger partial charge in [-0.05, 0) is 54.7 Å². The first-order valence-corrected chi connectivity index (χ1v) is 11.3. The summed E-state index contributed by atoms with van der Waals surface area (Å²) in [6.45, 7) is 7.58. The van der Waals surface area contributed by atoms with Gasteiger partial charge in [0.1, 0.15) is 0 Å². The first kappa shape index (κ1) is 21.3. The largest absolute Gasteiger partial charge is 0.459 e. The number of likely N-dealkylation sites (tertiary alicyclic amines) is 1. The molecule has 3 heterocycles. The Morgan fingerprint density at radius 2 is 1.84 bits per heavy atom. The Morgan fingerprint density at radius 1 is 1.10 bits per heavy atom. The lowest BCUT2D eigenvalue weighted by Gasteiger charge is -2.34. The summed E-state index contributed by atoms with van der Waals surface area (Å²) in [6, 6.07) is 9.94. The molecule has 2 aromatic heterocycles. The van der Waals surface area contributed by atoms with E-state index in [-0.39, 0.29) is 17.6 Å². The Balaban J connectivity index is 1.32. The molecule has 2 atom stereocenters. The van der Waals surface area contributed by atoms with Crippen LogP contribution in [0.1, 0.15) is 46.9 Å². The molecule has 1 aromatic carbocycles. The van der Waals surface area contributed by atoms with E-state index in [0.29, 0.717) is 28.2 Å². The van der Waals surface area contributed by atoms with Gasteiger partial charge in [-0.2, -0.15) is 0 Å². The fourth-order valence-corrected chi connectivity index (χ4v) is 4.76. The number of piperidine rings is 1. The van der Waals surface area contributed by atoms with Gasteiger partial charge in [0, 0.05) is 36.3 Å². The highest BCUT2D eigenvalue weighted by Crippen LogP contribution is 2.24. The molecule has 8 heteroatoms. The number of nitrogens with zero attached hydrogens (tertiary/aromatic N) is 2. The topological polar surface area (TPSA) is 87.5 Å². The number of thiazole rings is 1. The molecule has 31 heavy (non-hydrogen) atoms. The van der Waals surface area contributed by atoms with Crippen molar-refractivity contribution in [1.29, 1.82) is 0 Å². The fourth-order valence-electron chi connectivity index (χ4n) is 4.06. The van der Waals surface area contributed by atoms with Crippen LogP contribution < -0.4 is 10.6 Å². The van der Waals surface area contributed by atoms with Crippen molar-refractivity contribution in [2.24, 2.45) is 11.8 Å². The molecule has 0 bridgehead atoms. The number of carbonyl (C=O) groups excluding carboxylic acids is 2. The Bertz CT molecular complexity index is 1020. The lowest BCUT2D eigenvalue weighted by Crippen LogP contribution is -2.38. The monoisotopic (exact) mass is 438 g/mol. The van der Waals surface area contributed by atoms with E-state index in [1.54, 1.807) is 36.4 Å². The number of amides is 2. The molecule has 2 N–H and O–H groups in total. The fraction of sp³-hybridized carbons (Fsp3) is 0.348. The van der Waals surface area contributed by atoms with Crippen LogP contribution in [-0.4, -0.2) is 34.8 Å². The average Bonchev–Trinajstić information content (AvgIpc) is 3.40. The van der Waals surface area contributed by atoms with Gasteiger partial charge >= 0.3 is 0 Å². The zero-order valence-electron chi connectivity index (χ0n) is 17.6. The van der Waals surface area contributed by atoms with Crippen molar-refractivity contribution in [3.8, 4) is 0 Å². The van der Waals surface area contributed by atoms with E-state index >= 15 is 0 Å². The van der Waals surface area contributed by atoms with Gasteiger partial charge in [-0.3, -0.25) is 19.8 Å². The van der Waals surface area contributed by atoms with Crippen LogP contribution in [0.5, 0.6) is 0 Å². The zero-order chi connectivity index (χ0) is 21.8. The number of benzene rings is 1. The van der Waals surface area contributed by atoms with E-state index in [0.717, 1.165) is 25.3 Å². The van der Waals surface area contributed by atoms with Crippen LogP contribution in [-0.2, 0) is 6.54 Å². The number of anilines is 2. The van der Waals surface area contributed by atoms with Gasteiger partial charge < -0.3 is 9.73 Å². The minimum Gasteiger partial charge on any atom is -0.459 e. The van der Waals surface area contributed by atoms with Crippen LogP contribution in [0.25, 0.3) is 0 Å². The van der Waals surface area contributed by atoms with Crippen molar-refractivity contribution in [2.75, 3.05) is 23.7 Å². The molecule has 0 spiro atoms. The Kier molecular flexibility index (Phi) is 6.48. The van der Waals surface area contributed by atoms with Gasteiger partial charge in [-0.15, -0.1) is 11.3 Å². The molecular formula is C23H26N4O3S. The second kappa shape index (κ2) is 9.45. The minimum atomic E-state index is -0.338. The van der Waals surface area contributed by atoms with Gasteiger partial charge in [0.2, 0.25) is 0 Å². The molecule has 7 nitrogen and oxygen atoms in total. The van der Waals surface area contributed by atoms with Crippen molar-refractivity contribution in [2.45, 2.75) is 26.8 Å². The molecule has 0 aliphatic carbocycles. The van der Waals surface area contributed by atoms with Crippen molar-refractivity contribution < 1.29 is 14.0 Å². The van der Waals surface area contributed by atoms with E-state index in [1.165, 1.54) is 24.0 Å². The molecule has 2 amide bonds. The molecule has 0 radical (unpaired) electrons. The first-order chi connectivity index (χ1) is 15.0.